The quantitative estimate of drug-likeness (QED) is 0.275. The van der Waals surface area contributed by atoms with Gasteiger partial charge >= 0.3 is 0 Å². The van der Waals surface area contributed by atoms with Gasteiger partial charge in [0, 0.05) is 26.4 Å². The van der Waals surface area contributed by atoms with Crippen molar-refractivity contribution in [1.29, 1.82) is 0 Å². The minimum absolute atomic E-state index is 0. The van der Waals surface area contributed by atoms with Crippen molar-refractivity contribution in [2.45, 2.75) is 38.3 Å². The second kappa shape index (κ2) is 12.6. The number of nitrogens with one attached hydrogen (secondary N) is 2. The highest BCUT2D eigenvalue weighted by Gasteiger charge is 2.18. The van der Waals surface area contributed by atoms with Crippen LogP contribution in [0.1, 0.15) is 36.6 Å². The summed E-state index contributed by atoms with van der Waals surface area (Å²) < 4.78 is 23.6. The van der Waals surface area contributed by atoms with Crippen molar-refractivity contribution in [2.24, 2.45) is 4.99 Å². The van der Waals surface area contributed by atoms with Crippen molar-refractivity contribution in [3.63, 3.8) is 0 Å². The Kier molecular flexibility index (Phi) is 11.3. The molecule has 1 heterocycles. The SMILES string of the molecule is CCN(CC)C(CNC(=NC)NCc1ccc(S(C)(=O)=O)c(C)c1)c1ccsc1.I. The van der Waals surface area contributed by atoms with Crippen LogP contribution in [0.3, 0.4) is 0 Å². The Hall–Kier alpha value is -1.17. The molecule has 0 saturated heterocycles. The van der Waals surface area contributed by atoms with E-state index in [4.69, 9.17) is 0 Å². The van der Waals surface area contributed by atoms with E-state index < -0.39 is 9.84 Å². The number of halogens is 1. The van der Waals surface area contributed by atoms with Crippen LogP contribution in [0.25, 0.3) is 0 Å². The fourth-order valence-corrected chi connectivity index (χ4v) is 5.09. The van der Waals surface area contributed by atoms with Crippen LogP contribution in [0.2, 0.25) is 0 Å². The lowest BCUT2D eigenvalue weighted by Gasteiger charge is -2.30. The monoisotopic (exact) mass is 564 g/mol. The highest BCUT2D eigenvalue weighted by atomic mass is 127. The van der Waals surface area contributed by atoms with Crippen molar-refractivity contribution < 1.29 is 8.42 Å². The Morgan fingerprint density at radius 3 is 2.40 bits per heavy atom. The van der Waals surface area contributed by atoms with Crippen LogP contribution in [0.15, 0.2) is 44.9 Å². The second-order valence-corrected chi connectivity index (χ2v) is 9.74. The van der Waals surface area contributed by atoms with Gasteiger partial charge in [0.25, 0.3) is 0 Å². The number of sulfone groups is 1. The Morgan fingerprint density at radius 2 is 1.90 bits per heavy atom. The summed E-state index contributed by atoms with van der Waals surface area (Å²) in [7, 11) is -1.45. The first kappa shape index (κ1) is 26.9. The van der Waals surface area contributed by atoms with Gasteiger partial charge < -0.3 is 10.6 Å². The lowest BCUT2D eigenvalue weighted by Crippen LogP contribution is -2.42. The number of guanidine groups is 1. The van der Waals surface area contributed by atoms with Crippen LogP contribution in [-0.2, 0) is 16.4 Å². The number of rotatable bonds is 9. The van der Waals surface area contributed by atoms with E-state index in [2.05, 4.69) is 51.2 Å². The summed E-state index contributed by atoms with van der Waals surface area (Å²) in [5.74, 6) is 0.724. The van der Waals surface area contributed by atoms with E-state index in [0.717, 1.165) is 36.7 Å². The zero-order valence-corrected chi connectivity index (χ0v) is 22.3. The number of hydrogen-bond acceptors (Lipinski definition) is 5. The predicted octanol–water partition coefficient (Wildman–Crippen LogP) is 3.83. The molecule has 0 spiro atoms. The number of benzene rings is 1. The first-order valence-electron chi connectivity index (χ1n) is 9.80. The molecule has 0 amide bonds. The van der Waals surface area contributed by atoms with Crippen molar-refractivity contribution in [2.75, 3.05) is 32.9 Å². The van der Waals surface area contributed by atoms with Gasteiger partial charge in [-0.15, -0.1) is 24.0 Å². The maximum absolute atomic E-state index is 11.8. The molecule has 30 heavy (non-hydrogen) atoms. The summed E-state index contributed by atoms with van der Waals surface area (Å²) in [6.07, 6.45) is 1.23. The van der Waals surface area contributed by atoms with E-state index >= 15 is 0 Å². The molecule has 168 valence electrons. The van der Waals surface area contributed by atoms with Gasteiger partial charge in [-0.1, -0.05) is 26.0 Å². The molecule has 1 aromatic heterocycles. The molecule has 6 nitrogen and oxygen atoms in total. The summed E-state index contributed by atoms with van der Waals surface area (Å²) in [5.41, 5.74) is 3.08. The van der Waals surface area contributed by atoms with Gasteiger partial charge in [-0.25, -0.2) is 8.42 Å². The Morgan fingerprint density at radius 1 is 1.20 bits per heavy atom. The summed E-state index contributed by atoms with van der Waals surface area (Å²) in [5, 5.41) is 11.1. The highest BCUT2D eigenvalue weighted by molar-refractivity contribution is 14.0. The van der Waals surface area contributed by atoms with Crippen LogP contribution in [0.4, 0.5) is 0 Å². The Bertz CT molecular complexity index is 911. The Labute approximate surface area is 202 Å². The molecule has 0 radical (unpaired) electrons. The van der Waals surface area contributed by atoms with E-state index in [9.17, 15) is 8.42 Å². The molecule has 0 aliphatic carbocycles. The molecule has 2 rings (SSSR count). The van der Waals surface area contributed by atoms with Crippen molar-refractivity contribution >= 4 is 51.1 Å². The van der Waals surface area contributed by atoms with Gasteiger partial charge in [-0.3, -0.25) is 9.89 Å². The average molecular weight is 565 g/mol. The van der Waals surface area contributed by atoms with E-state index in [1.807, 2.05) is 19.1 Å². The summed E-state index contributed by atoms with van der Waals surface area (Å²) in [6.45, 7) is 9.47. The minimum atomic E-state index is -3.20. The zero-order valence-electron chi connectivity index (χ0n) is 18.3. The van der Waals surface area contributed by atoms with Crippen molar-refractivity contribution in [1.82, 2.24) is 15.5 Å². The molecule has 0 aliphatic heterocycles. The number of nitrogens with zero attached hydrogens (tertiary/aromatic N) is 2. The molecule has 0 saturated carbocycles. The molecular weight excluding hydrogens is 531 g/mol. The summed E-state index contributed by atoms with van der Waals surface area (Å²) >= 11 is 1.71. The van der Waals surface area contributed by atoms with Gasteiger partial charge in [0.2, 0.25) is 0 Å². The fraction of sp³-hybridized carbons (Fsp3) is 0.476. The Balaban J connectivity index is 0.00000450. The molecule has 0 fully saturated rings. The smallest absolute Gasteiger partial charge is 0.191 e. The number of hydrogen-bond donors (Lipinski definition) is 2. The lowest BCUT2D eigenvalue weighted by molar-refractivity contribution is 0.219. The van der Waals surface area contributed by atoms with E-state index in [1.54, 1.807) is 24.5 Å². The number of aryl methyl sites for hydroxylation is 1. The topological polar surface area (TPSA) is 73.8 Å². The van der Waals surface area contributed by atoms with E-state index in [1.165, 1.54) is 11.8 Å². The first-order chi connectivity index (χ1) is 13.8. The van der Waals surface area contributed by atoms with Crippen LogP contribution >= 0.6 is 35.3 Å². The van der Waals surface area contributed by atoms with Gasteiger partial charge in [-0.05, 0) is 59.6 Å². The van der Waals surface area contributed by atoms with Gasteiger partial charge in [-0.2, -0.15) is 11.3 Å². The largest absolute Gasteiger partial charge is 0.354 e. The lowest BCUT2D eigenvalue weighted by atomic mass is 10.1. The van der Waals surface area contributed by atoms with Gasteiger partial charge in [0.1, 0.15) is 0 Å². The van der Waals surface area contributed by atoms with Gasteiger partial charge in [0.15, 0.2) is 15.8 Å². The highest BCUT2D eigenvalue weighted by Crippen LogP contribution is 2.22. The van der Waals surface area contributed by atoms with Gasteiger partial charge in [0.05, 0.1) is 10.9 Å². The number of thiophene rings is 1. The van der Waals surface area contributed by atoms with Crippen molar-refractivity contribution in [3.05, 3.63) is 51.7 Å². The first-order valence-corrected chi connectivity index (χ1v) is 12.6. The molecular formula is C21H33IN4O2S2. The predicted molar refractivity (Wildman–Crippen MR) is 138 cm³/mol. The second-order valence-electron chi connectivity index (χ2n) is 6.97. The van der Waals surface area contributed by atoms with Crippen molar-refractivity contribution in [3.8, 4) is 0 Å². The maximum atomic E-state index is 11.8. The maximum Gasteiger partial charge on any atom is 0.191 e. The molecule has 0 bridgehead atoms. The van der Waals surface area contributed by atoms with Crippen LogP contribution in [-0.4, -0.2) is 52.2 Å². The third-order valence-electron chi connectivity index (χ3n) is 4.97. The normalized spacial score (nSPS) is 13.1. The summed E-state index contributed by atoms with van der Waals surface area (Å²) in [6, 6.07) is 7.88. The molecule has 2 aromatic rings. The van der Waals surface area contributed by atoms with Crippen LogP contribution < -0.4 is 10.6 Å². The average Bonchev–Trinajstić information content (AvgIpc) is 3.20. The van der Waals surface area contributed by atoms with E-state index in [0.29, 0.717) is 11.4 Å². The fourth-order valence-electron chi connectivity index (χ4n) is 3.42. The molecule has 2 N–H and O–H groups in total. The molecule has 1 atom stereocenters. The molecule has 1 aromatic carbocycles. The number of aliphatic imine (C=N–C) groups is 1. The third-order valence-corrected chi connectivity index (χ3v) is 6.92. The van der Waals surface area contributed by atoms with Crippen LogP contribution in [0.5, 0.6) is 0 Å². The zero-order chi connectivity index (χ0) is 21.4. The summed E-state index contributed by atoms with van der Waals surface area (Å²) in [4.78, 5) is 7.13. The number of likely N-dealkylation sites (N-methyl/N-ethyl adjacent to an activating group) is 1. The minimum Gasteiger partial charge on any atom is -0.354 e. The standard InChI is InChI=1S/C21H32N4O2S2.HI/c1-6-25(7-2)19(18-10-11-28-15-18)14-24-21(22-4)23-13-17-8-9-20(16(3)12-17)29(5,26)27;/h8-12,15,19H,6-7,13-14H2,1-5H3,(H2,22,23,24);1H. The third kappa shape index (κ3) is 7.51. The van der Waals surface area contributed by atoms with E-state index in [-0.39, 0.29) is 30.0 Å². The van der Waals surface area contributed by atoms with Crippen LogP contribution in [0, 0.1) is 6.92 Å². The molecule has 9 heteroatoms. The molecule has 0 aliphatic rings. The molecule has 1 unspecified atom stereocenters.